The first-order valence-corrected chi connectivity index (χ1v) is 10.3. The number of nitrogens with zero attached hydrogens (tertiary/aromatic N) is 3. The topological polar surface area (TPSA) is 73.7 Å². The largest absolute Gasteiger partial charge is 0.493 e. The average Bonchev–Trinajstić information content (AvgIpc) is 3.63. The smallest absolute Gasteiger partial charge is 0.387 e. The molecule has 1 aliphatic rings. The minimum atomic E-state index is -2.95. The number of aromatic nitrogens is 2. The van der Waals surface area contributed by atoms with E-state index in [9.17, 15) is 18.4 Å². The van der Waals surface area contributed by atoms with E-state index in [2.05, 4.69) is 9.84 Å². The van der Waals surface area contributed by atoms with E-state index in [1.54, 1.807) is 33.8 Å². The van der Waals surface area contributed by atoms with Gasteiger partial charge in [0.2, 0.25) is 11.3 Å². The van der Waals surface area contributed by atoms with Gasteiger partial charge in [-0.05, 0) is 42.7 Å². The zero-order chi connectivity index (χ0) is 22.7. The van der Waals surface area contributed by atoms with Gasteiger partial charge in [-0.25, -0.2) is 0 Å². The fraction of sp³-hybridized carbons (Fsp3) is 0.348. The lowest BCUT2D eigenvalue weighted by atomic mass is 10.1. The van der Waals surface area contributed by atoms with Crippen LogP contribution in [-0.2, 0) is 17.9 Å². The van der Waals surface area contributed by atoms with Crippen LogP contribution in [0, 0.1) is 0 Å². The summed E-state index contributed by atoms with van der Waals surface area (Å²) in [5.41, 5.74) is 1.29. The van der Waals surface area contributed by atoms with Gasteiger partial charge < -0.3 is 14.4 Å². The number of para-hydroxylation sites is 1. The number of amides is 1. The van der Waals surface area contributed by atoms with Crippen molar-refractivity contribution >= 4 is 16.8 Å². The lowest BCUT2D eigenvalue weighted by Gasteiger charge is -2.23. The lowest BCUT2D eigenvalue weighted by Crippen LogP contribution is -2.33. The van der Waals surface area contributed by atoms with Crippen molar-refractivity contribution in [3.8, 4) is 11.5 Å². The molecular formula is C23H23F2N3O4. The van der Waals surface area contributed by atoms with E-state index in [1.807, 2.05) is 12.1 Å². The summed E-state index contributed by atoms with van der Waals surface area (Å²) in [6.07, 6.45) is 3.34. The highest BCUT2D eigenvalue weighted by Crippen LogP contribution is 2.33. The van der Waals surface area contributed by atoms with Gasteiger partial charge in [0.25, 0.3) is 0 Å². The Kier molecular flexibility index (Phi) is 6.34. The standard InChI is InChI=1S/C23H23F2N3O4/c1-31-21-12-15(6-9-20(21)32-23(24)25)14-27(16-7-8-16)22(30)10-11-28-18-5-3-2-4-17(18)19(29)13-26-28/h2-6,9,12-13,16,23H,7-8,10-11,14H2,1H3. The van der Waals surface area contributed by atoms with Gasteiger partial charge in [0.05, 0.1) is 25.4 Å². The highest BCUT2D eigenvalue weighted by atomic mass is 19.3. The molecule has 32 heavy (non-hydrogen) atoms. The molecule has 7 nitrogen and oxygen atoms in total. The Balaban J connectivity index is 1.48. The van der Waals surface area contributed by atoms with Crippen molar-refractivity contribution in [3.63, 3.8) is 0 Å². The number of hydrogen-bond donors (Lipinski definition) is 0. The summed E-state index contributed by atoms with van der Waals surface area (Å²) in [6.45, 7) is -2.27. The van der Waals surface area contributed by atoms with E-state index in [0.29, 0.717) is 24.0 Å². The highest BCUT2D eigenvalue weighted by molar-refractivity contribution is 5.79. The molecule has 0 saturated heterocycles. The molecule has 3 aromatic rings. The van der Waals surface area contributed by atoms with Gasteiger partial charge in [-0.3, -0.25) is 14.3 Å². The Morgan fingerprint density at radius 3 is 2.72 bits per heavy atom. The molecule has 0 bridgehead atoms. The van der Waals surface area contributed by atoms with Crippen LogP contribution in [0.2, 0.25) is 0 Å². The van der Waals surface area contributed by atoms with E-state index in [1.165, 1.54) is 19.4 Å². The van der Waals surface area contributed by atoms with Gasteiger partial charge in [-0.1, -0.05) is 18.2 Å². The maximum atomic E-state index is 13.0. The van der Waals surface area contributed by atoms with Crippen LogP contribution in [0.4, 0.5) is 8.78 Å². The molecule has 1 aromatic heterocycles. The predicted octanol–water partition coefficient (Wildman–Crippen LogP) is 3.59. The van der Waals surface area contributed by atoms with E-state index in [0.717, 1.165) is 18.4 Å². The normalized spacial score (nSPS) is 13.4. The molecule has 0 radical (unpaired) electrons. The summed E-state index contributed by atoms with van der Waals surface area (Å²) in [5, 5.41) is 4.74. The molecule has 9 heteroatoms. The first kappa shape index (κ1) is 21.7. The van der Waals surface area contributed by atoms with Crippen molar-refractivity contribution < 1.29 is 23.0 Å². The number of halogens is 2. The number of ether oxygens (including phenoxy) is 2. The second-order valence-corrected chi connectivity index (χ2v) is 7.62. The van der Waals surface area contributed by atoms with E-state index in [-0.39, 0.29) is 35.3 Å². The number of carbonyl (C=O) groups is 1. The van der Waals surface area contributed by atoms with Crippen LogP contribution in [0.25, 0.3) is 10.9 Å². The molecule has 0 unspecified atom stereocenters. The van der Waals surface area contributed by atoms with Crippen molar-refractivity contribution in [3.05, 3.63) is 64.4 Å². The minimum Gasteiger partial charge on any atom is -0.493 e. The van der Waals surface area contributed by atoms with Crippen LogP contribution in [0.5, 0.6) is 11.5 Å². The summed E-state index contributed by atoms with van der Waals surface area (Å²) in [7, 11) is 1.38. The number of hydrogen-bond acceptors (Lipinski definition) is 5. The zero-order valence-electron chi connectivity index (χ0n) is 17.5. The van der Waals surface area contributed by atoms with E-state index >= 15 is 0 Å². The van der Waals surface area contributed by atoms with E-state index < -0.39 is 6.61 Å². The van der Waals surface area contributed by atoms with Gasteiger partial charge in [0, 0.05) is 24.4 Å². The third kappa shape index (κ3) is 4.87. The molecular weight excluding hydrogens is 420 g/mol. The number of rotatable bonds is 9. The molecule has 1 fully saturated rings. The Labute approximate surface area is 183 Å². The number of fused-ring (bicyclic) bond motifs is 1. The number of carbonyl (C=O) groups excluding carboxylic acids is 1. The maximum absolute atomic E-state index is 13.0. The fourth-order valence-electron chi connectivity index (χ4n) is 3.69. The van der Waals surface area contributed by atoms with Gasteiger partial charge in [-0.2, -0.15) is 13.9 Å². The van der Waals surface area contributed by atoms with Gasteiger partial charge in [0.1, 0.15) is 0 Å². The van der Waals surface area contributed by atoms with Crippen LogP contribution in [0.1, 0.15) is 24.8 Å². The number of alkyl halides is 2. The summed E-state index contributed by atoms with van der Waals surface area (Å²) in [6, 6.07) is 12.0. The van der Waals surface area contributed by atoms with Crippen molar-refractivity contribution in [2.75, 3.05) is 7.11 Å². The first-order valence-electron chi connectivity index (χ1n) is 10.3. The van der Waals surface area contributed by atoms with E-state index in [4.69, 9.17) is 4.74 Å². The van der Waals surface area contributed by atoms with Crippen molar-refractivity contribution in [1.29, 1.82) is 0 Å². The fourth-order valence-corrected chi connectivity index (χ4v) is 3.69. The minimum absolute atomic E-state index is 0.0380. The molecule has 168 valence electrons. The summed E-state index contributed by atoms with van der Waals surface area (Å²) in [5.74, 6) is 0.102. The maximum Gasteiger partial charge on any atom is 0.387 e. The molecule has 1 amide bonds. The monoisotopic (exact) mass is 443 g/mol. The van der Waals surface area contributed by atoms with Crippen molar-refractivity contribution in [2.24, 2.45) is 0 Å². The van der Waals surface area contributed by atoms with Crippen molar-refractivity contribution in [1.82, 2.24) is 14.7 Å². The lowest BCUT2D eigenvalue weighted by molar-refractivity contribution is -0.132. The number of benzene rings is 2. The quantitative estimate of drug-likeness (QED) is 0.505. The predicted molar refractivity (Wildman–Crippen MR) is 114 cm³/mol. The molecule has 0 atom stereocenters. The third-order valence-corrected chi connectivity index (χ3v) is 5.40. The van der Waals surface area contributed by atoms with Gasteiger partial charge in [-0.15, -0.1) is 0 Å². The van der Waals surface area contributed by atoms with Gasteiger partial charge in [0.15, 0.2) is 11.5 Å². The van der Waals surface area contributed by atoms with Crippen LogP contribution in [-0.4, -0.2) is 40.4 Å². The summed E-state index contributed by atoms with van der Waals surface area (Å²) < 4.78 is 36.4. The molecule has 0 N–H and O–H groups in total. The Bertz CT molecular complexity index is 1180. The Morgan fingerprint density at radius 2 is 2.00 bits per heavy atom. The zero-order valence-corrected chi connectivity index (χ0v) is 17.5. The van der Waals surface area contributed by atoms with Gasteiger partial charge >= 0.3 is 6.61 Å². The molecule has 0 spiro atoms. The molecule has 4 rings (SSSR count). The molecule has 2 aromatic carbocycles. The van der Waals surface area contributed by atoms with Crippen LogP contribution in [0.15, 0.2) is 53.5 Å². The molecule has 1 saturated carbocycles. The van der Waals surface area contributed by atoms with Crippen molar-refractivity contribution in [2.45, 2.75) is 45.0 Å². The molecule has 1 aliphatic carbocycles. The second-order valence-electron chi connectivity index (χ2n) is 7.62. The first-order chi connectivity index (χ1) is 15.5. The average molecular weight is 443 g/mol. The van der Waals surface area contributed by atoms with Crippen LogP contribution >= 0.6 is 0 Å². The van der Waals surface area contributed by atoms with Crippen LogP contribution < -0.4 is 14.9 Å². The third-order valence-electron chi connectivity index (χ3n) is 5.40. The highest BCUT2D eigenvalue weighted by Gasteiger charge is 2.32. The summed E-state index contributed by atoms with van der Waals surface area (Å²) in [4.78, 5) is 26.8. The number of aryl methyl sites for hydroxylation is 1. The Morgan fingerprint density at radius 1 is 1.22 bits per heavy atom. The second kappa shape index (κ2) is 9.33. The SMILES string of the molecule is COc1cc(CN(C(=O)CCn2ncc(=O)c3ccccc32)C2CC2)ccc1OC(F)F. The molecule has 0 aliphatic heterocycles. The Hall–Kier alpha value is -3.49. The summed E-state index contributed by atoms with van der Waals surface area (Å²) >= 11 is 0. The number of methoxy groups -OCH3 is 1. The van der Waals surface area contributed by atoms with Crippen LogP contribution in [0.3, 0.4) is 0 Å². The molecule has 1 heterocycles.